The van der Waals surface area contributed by atoms with E-state index in [0.717, 1.165) is 36.0 Å². The Morgan fingerprint density at radius 3 is 2.43 bits per heavy atom. The van der Waals surface area contributed by atoms with Crippen LogP contribution in [0.2, 0.25) is 0 Å². The first-order chi connectivity index (χ1) is 17.6. The third-order valence-electron chi connectivity index (χ3n) is 6.39. The number of piperazine rings is 1. The zero-order valence-electron chi connectivity index (χ0n) is 22.3. The molecule has 3 heterocycles. The highest BCUT2D eigenvalue weighted by Crippen LogP contribution is 2.25. The molecule has 1 saturated heterocycles. The van der Waals surface area contributed by atoms with Gasteiger partial charge in [0.1, 0.15) is 12.5 Å². The van der Waals surface area contributed by atoms with Crippen LogP contribution in [0.3, 0.4) is 0 Å². The van der Waals surface area contributed by atoms with Gasteiger partial charge < -0.3 is 19.9 Å². The highest BCUT2D eigenvalue weighted by Gasteiger charge is 2.32. The van der Waals surface area contributed by atoms with Gasteiger partial charge in [-0.15, -0.1) is 0 Å². The number of nitrogens with zero attached hydrogens (tertiary/aromatic N) is 6. The van der Waals surface area contributed by atoms with E-state index in [9.17, 15) is 9.59 Å². The number of nitrogens with one attached hydrogen (secondary N) is 2. The van der Waals surface area contributed by atoms with E-state index in [1.807, 2.05) is 60.2 Å². The molecule has 2 amide bonds. The van der Waals surface area contributed by atoms with E-state index in [1.54, 1.807) is 20.2 Å². The SMILES string of the molecule is CC(=O)N1[C@H](C)CN(c2cc(N3CN=C(Nc4ccc(N(C)C(=O)OC(C)C)cc4)N3)ccn2)C[C@@H]1C. The first-order valence-corrected chi connectivity index (χ1v) is 12.5. The number of hydrogen-bond acceptors (Lipinski definition) is 9. The Hall–Kier alpha value is -4.02. The molecule has 37 heavy (non-hydrogen) atoms. The number of benzene rings is 1. The second kappa shape index (κ2) is 10.9. The van der Waals surface area contributed by atoms with Gasteiger partial charge in [-0.2, -0.15) is 0 Å². The van der Waals surface area contributed by atoms with Crippen molar-refractivity contribution < 1.29 is 14.3 Å². The van der Waals surface area contributed by atoms with Crippen molar-refractivity contribution in [3.63, 3.8) is 0 Å². The molecule has 2 atom stereocenters. The second-order valence-corrected chi connectivity index (χ2v) is 9.75. The van der Waals surface area contributed by atoms with Gasteiger partial charge in [0.25, 0.3) is 0 Å². The summed E-state index contributed by atoms with van der Waals surface area (Å²) in [5.41, 5.74) is 5.81. The summed E-state index contributed by atoms with van der Waals surface area (Å²) in [7, 11) is 1.68. The number of aliphatic imine (C=N–C) groups is 1. The van der Waals surface area contributed by atoms with Crippen LogP contribution in [0, 0.1) is 0 Å². The van der Waals surface area contributed by atoms with Crippen molar-refractivity contribution in [2.75, 3.05) is 46.9 Å². The van der Waals surface area contributed by atoms with E-state index in [1.165, 1.54) is 4.90 Å². The molecular formula is C26H36N8O3. The predicted octanol–water partition coefficient (Wildman–Crippen LogP) is 3.26. The van der Waals surface area contributed by atoms with Crippen molar-refractivity contribution in [3.05, 3.63) is 42.6 Å². The molecule has 11 nitrogen and oxygen atoms in total. The molecule has 0 aliphatic carbocycles. The number of hydrazine groups is 1. The van der Waals surface area contributed by atoms with Gasteiger partial charge in [-0.05, 0) is 58.0 Å². The lowest BCUT2D eigenvalue weighted by Crippen LogP contribution is -2.58. The number of anilines is 4. The van der Waals surface area contributed by atoms with Crippen molar-refractivity contribution >= 4 is 40.8 Å². The number of aromatic nitrogens is 1. The molecule has 2 aliphatic heterocycles. The highest BCUT2D eigenvalue weighted by molar-refractivity contribution is 5.96. The summed E-state index contributed by atoms with van der Waals surface area (Å²) in [6.07, 6.45) is 1.23. The van der Waals surface area contributed by atoms with Crippen molar-refractivity contribution in [3.8, 4) is 0 Å². The quantitative estimate of drug-likeness (QED) is 0.634. The minimum absolute atomic E-state index is 0.107. The van der Waals surface area contributed by atoms with E-state index in [2.05, 4.69) is 39.5 Å². The lowest BCUT2D eigenvalue weighted by molar-refractivity contribution is -0.133. The van der Waals surface area contributed by atoms with Crippen LogP contribution in [0.4, 0.5) is 27.7 Å². The highest BCUT2D eigenvalue weighted by atomic mass is 16.6. The Labute approximate surface area is 218 Å². The molecular weight excluding hydrogens is 472 g/mol. The maximum Gasteiger partial charge on any atom is 0.414 e. The van der Waals surface area contributed by atoms with Crippen LogP contribution in [-0.4, -0.2) is 72.8 Å². The number of hydrogen-bond donors (Lipinski definition) is 2. The average Bonchev–Trinajstić information content (AvgIpc) is 3.31. The number of ether oxygens (including phenoxy) is 1. The molecule has 198 valence electrons. The summed E-state index contributed by atoms with van der Waals surface area (Å²) in [4.78, 5) is 38.9. The number of carbonyl (C=O) groups is 2. The fourth-order valence-corrected chi connectivity index (χ4v) is 4.72. The molecule has 2 aliphatic rings. The lowest BCUT2D eigenvalue weighted by atomic mass is 10.1. The van der Waals surface area contributed by atoms with Crippen LogP contribution in [0.15, 0.2) is 47.6 Å². The summed E-state index contributed by atoms with van der Waals surface area (Å²) in [5, 5.41) is 5.21. The van der Waals surface area contributed by atoms with Crippen molar-refractivity contribution in [1.82, 2.24) is 15.3 Å². The van der Waals surface area contributed by atoms with E-state index >= 15 is 0 Å². The molecule has 0 radical (unpaired) electrons. The monoisotopic (exact) mass is 508 g/mol. The van der Waals surface area contributed by atoms with Gasteiger partial charge in [0, 0.05) is 62.8 Å². The fraction of sp³-hybridized carbons (Fsp3) is 0.462. The van der Waals surface area contributed by atoms with Crippen LogP contribution >= 0.6 is 0 Å². The molecule has 1 aromatic heterocycles. The molecule has 2 N–H and O–H groups in total. The minimum Gasteiger partial charge on any atom is -0.446 e. The van der Waals surface area contributed by atoms with Gasteiger partial charge in [0.05, 0.1) is 11.8 Å². The van der Waals surface area contributed by atoms with Crippen molar-refractivity contribution in [1.29, 1.82) is 0 Å². The smallest absolute Gasteiger partial charge is 0.414 e. The summed E-state index contributed by atoms with van der Waals surface area (Å²) in [6.45, 7) is 11.3. The van der Waals surface area contributed by atoms with Gasteiger partial charge >= 0.3 is 6.09 Å². The number of amides is 2. The fourth-order valence-electron chi connectivity index (χ4n) is 4.72. The van der Waals surface area contributed by atoms with E-state index in [0.29, 0.717) is 12.6 Å². The van der Waals surface area contributed by atoms with Gasteiger partial charge in [-0.1, -0.05) is 0 Å². The van der Waals surface area contributed by atoms with Crippen LogP contribution < -0.4 is 25.6 Å². The zero-order chi connectivity index (χ0) is 26.7. The summed E-state index contributed by atoms with van der Waals surface area (Å²) >= 11 is 0. The molecule has 4 rings (SSSR count). The topological polar surface area (TPSA) is 106 Å². The van der Waals surface area contributed by atoms with Crippen LogP contribution in [0.25, 0.3) is 0 Å². The molecule has 0 unspecified atom stereocenters. The first kappa shape index (κ1) is 26.1. The Morgan fingerprint density at radius 2 is 1.81 bits per heavy atom. The summed E-state index contributed by atoms with van der Waals surface area (Å²) in [5.74, 6) is 1.60. The zero-order valence-corrected chi connectivity index (χ0v) is 22.3. The standard InChI is InChI=1S/C26H36N8O3/c1-17(2)37-26(36)31(6)22-9-7-21(8-10-22)29-25-28-16-33(30-25)23-11-12-27-24(13-23)32-14-18(3)34(20(5)35)19(4)15-32/h7-13,17-19H,14-16H2,1-6H3,(H2,28,29,30)/t18-,19+. The Balaban J connectivity index is 1.35. The lowest BCUT2D eigenvalue weighted by Gasteiger charge is -2.44. The molecule has 0 saturated carbocycles. The minimum atomic E-state index is -0.394. The predicted molar refractivity (Wildman–Crippen MR) is 146 cm³/mol. The normalized spacial score (nSPS) is 19.4. The molecule has 0 bridgehead atoms. The van der Waals surface area contributed by atoms with Crippen LogP contribution in [-0.2, 0) is 9.53 Å². The van der Waals surface area contributed by atoms with Crippen molar-refractivity contribution in [2.24, 2.45) is 4.99 Å². The van der Waals surface area contributed by atoms with E-state index in [4.69, 9.17) is 4.74 Å². The first-order valence-electron chi connectivity index (χ1n) is 12.5. The third kappa shape index (κ3) is 6.04. The Bertz CT molecular complexity index is 1140. The largest absolute Gasteiger partial charge is 0.446 e. The number of carbonyl (C=O) groups excluding carboxylic acids is 2. The van der Waals surface area contributed by atoms with E-state index < -0.39 is 6.09 Å². The maximum atomic E-state index is 12.1. The Morgan fingerprint density at radius 1 is 1.14 bits per heavy atom. The number of guanidine groups is 1. The van der Waals surface area contributed by atoms with Gasteiger partial charge in [-0.25, -0.2) is 14.8 Å². The van der Waals surface area contributed by atoms with Crippen molar-refractivity contribution in [2.45, 2.75) is 52.8 Å². The van der Waals surface area contributed by atoms with Gasteiger partial charge in [-0.3, -0.25) is 20.1 Å². The Kier molecular flexibility index (Phi) is 7.70. The van der Waals surface area contributed by atoms with E-state index in [-0.39, 0.29) is 24.1 Å². The van der Waals surface area contributed by atoms with Crippen LogP contribution in [0.1, 0.15) is 34.6 Å². The molecule has 1 fully saturated rings. The van der Waals surface area contributed by atoms with Crippen LogP contribution in [0.5, 0.6) is 0 Å². The second-order valence-electron chi connectivity index (χ2n) is 9.75. The molecule has 0 spiro atoms. The molecule has 11 heteroatoms. The third-order valence-corrected chi connectivity index (χ3v) is 6.39. The number of pyridine rings is 1. The number of rotatable bonds is 5. The average molecular weight is 509 g/mol. The van der Waals surface area contributed by atoms with Gasteiger partial charge in [0.2, 0.25) is 11.9 Å². The summed E-state index contributed by atoms with van der Waals surface area (Å²) in [6, 6.07) is 11.7. The molecule has 1 aromatic carbocycles. The maximum absolute atomic E-state index is 12.1. The molecule has 2 aromatic rings. The summed E-state index contributed by atoms with van der Waals surface area (Å²) < 4.78 is 5.24. The van der Waals surface area contributed by atoms with Gasteiger partial charge in [0.15, 0.2) is 0 Å².